The first-order valence-corrected chi connectivity index (χ1v) is 15.8. The van der Waals surface area contributed by atoms with E-state index in [0.717, 1.165) is 51.3 Å². The number of rotatable bonds is 7. The van der Waals surface area contributed by atoms with Gasteiger partial charge in [-0.15, -0.1) is 0 Å². The number of amidine groups is 1. The van der Waals surface area contributed by atoms with Crippen LogP contribution in [-0.2, 0) is 6.42 Å². The highest BCUT2D eigenvalue weighted by molar-refractivity contribution is 6.12. The molecule has 1 aliphatic carbocycles. The molecule has 1 aliphatic rings. The van der Waals surface area contributed by atoms with Crippen LogP contribution in [0.1, 0.15) is 47.7 Å². The summed E-state index contributed by atoms with van der Waals surface area (Å²) in [4.78, 5) is 10.3. The standard InChI is InChI=1S/C43H36N2O/c1-29(31-16-7-4-8-17-31)44-43(33-20-11-6-12-21-33)45-30(2)35-27-40(42(41(28-35)46-3)32-18-9-5-10-19-32)38-25-15-24-37-36-23-14-13-22-34(36)26-39(37)38/h4-25,27-29H,26H2,1-3H3. The molecule has 3 nitrogen and oxygen atoms in total. The van der Waals surface area contributed by atoms with Crippen molar-refractivity contribution in [1.29, 1.82) is 0 Å². The summed E-state index contributed by atoms with van der Waals surface area (Å²) < 4.78 is 6.16. The molecule has 6 aromatic carbocycles. The molecule has 0 spiro atoms. The second-order valence-electron chi connectivity index (χ2n) is 11.7. The molecule has 0 fully saturated rings. The topological polar surface area (TPSA) is 34.0 Å². The van der Waals surface area contributed by atoms with E-state index in [1.807, 2.05) is 24.3 Å². The first-order valence-electron chi connectivity index (χ1n) is 15.8. The van der Waals surface area contributed by atoms with Crippen molar-refractivity contribution in [3.05, 3.63) is 173 Å². The van der Waals surface area contributed by atoms with Crippen molar-refractivity contribution in [2.24, 2.45) is 9.98 Å². The predicted molar refractivity (Wildman–Crippen MR) is 192 cm³/mol. The first kappa shape index (κ1) is 29.2. The molecule has 46 heavy (non-hydrogen) atoms. The van der Waals surface area contributed by atoms with Gasteiger partial charge in [0.05, 0.1) is 13.2 Å². The van der Waals surface area contributed by atoms with Crippen LogP contribution in [0.4, 0.5) is 0 Å². The van der Waals surface area contributed by atoms with Crippen molar-refractivity contribution in [3.63, 3.8) is 0 Å². The molecule has 0 saturated heterocycles. The Balaban J connectivity index is 1.41. The molecule has 0 aromatic heterocycles. The van der Waals surface area contributed by atoms with Crippen molar-refractivity contribution in [1.82, 2.24) is 0 Å². The Morgan fingerprint density at radius 2 is 1.24 bits per heavy atom. The van der Waals surface area contributed by atoms with E-state index in [0.29, 0.717) is 5.84 Å². The summed E-state index contributed by atoms with van der Waals surface area (Å²) in [6.07, 6.45) is 0.901. The molecule has 0 bridgehead atoms. The molecule has 7 rings (SSSR count). The molecule has 0 amide bonds. The quantitative estimate of drug-likeness (QED) is 0.133. The fourth-order valence-corrected chi connectivity index (χ4v) is 6.48. The van der Waals surface area contributed by atoms with Gasteiger partial charge in [-0.25, -0.2) is 4.99 Å². The van der Waals surface area contributed by atoms with Crippen LogP contribution in [-0.4, -0.2) is 18.7 Å². The van der Waals surface area contributed by atoms with E-state index in [4.69, 9.17) is 14.7 Å². The zero-order valence-electron chi connectivity index (χ0n) is 26.4. The van der Waals surface area contributed by atoms with Crippen LogP contribution in [0.2, 0.25) is 0 Å². The Bertz CT molecular complexity index is 2060. The average molecular weight is 597 g/mol. The molecule has 224 valence electrons. The molecular weight excluding hydrogens is 560 g/mol. The van der Waals surface area contributed by atoms with Crippen molar-refractivity contribution >= 4 is 11.5 Å². The first-order chi connectivity index (χ1) is 22.6. The zero-order chi connectivity index (χ0) is 31.5. The number of methoxy groups -OCH3 is 1. The van der Waals surface area contributed by atoms with Crippen LogP contribution in [0, 0.1) is 0 Å². The van der Waals surface area contributed by atoms with E-state index in [-0.39, 0.29) is 6.04 Å². The normalized spacial score (nSPS) is 13.2. The number of hydrogen-bond acceptors (Lipinski definition) is 2. The Hall–Kier alpha value is -5.54. The van der Waals surface area contributed by atoms with Gasteiger partial charge in [0, 0.05) is 22.4 Å². The minimum Gasteiger partial charge on any atom is -0.496 e. The summed E-state index contributed by atoms with van der Waals surface area (Å²) >= 11 is 0. The smallest absolute Gasteiger partial charge is 0.155 e. The van der Waals surface area contributed by atoms with Gasteiger partial charge < -0.3 is 4.74 Å². The molecule has 0 heterocycles. The molecule has 0 radical (unpaired) electrons. The lowest BCUT2D eigenvalue weighted by Crippen LogP contribution is -2.07. The van der Waals surface area contributed by atoms with Crippen LogP contribution in [0.5, 0.6) is 5.75 Å². The van der Waals surface area contributed by atoms with Gasteiger partial charge in [-0.05, 0) is 76.9 Å². The predicted octanol–water partition coefficient (Wildman–Crippen LogP) is 10.6. The van der Waals surface area contributed by atoms with Gasteiger partial charge in [0.15, 0.2) is 5.84 Å². The maximum absolute atomic E-state index is 6.16. The fourth-order valence-electron chi connectivity index (χ4n) is 6.48. The van der Waals surface area contributed by atoms with E-state index in [9.17, 15) is 0 Å². The molecule has 1 unspecified atom stereocenters. The Kier molecular flexibility index (Phi) is 8.14. The largest absolute Gasteiger partial charge is 0.496 e. The number of benzene rings is 6. The van der Waals surface area contributed by atoms with Gasteiger partial charge in [0.1, 0.15) is 5.75 Å². The van der Waals surface area contributed by atoms with Gasteiger partial charge >= 0.3 is 0 Å². The van der Waals surface area contributed by atoms with Gasteiger partial charge in [-0.2, -0.15) is 0 Å². The molecule has 0 aliphatic heterocycles. The molecule has 3 heteroatoms. The molecule has 1 atom stereocenters. The summed E-state index contributed by atoms with van der Waals surface area (Å²) in [5, 5.41) is 0. The van der Waals surface area contributed by atoms with Crippen molar-refractivity contribution < 1.29 is 4.74 Å². The maximum Gasteiger partial charge on any atom is 0.155 e. The summed E-state index contributed by atoms with van der Waals surface area (Å²) in [6.45, 7) is 4.19. The molecular formula is C43H36N2O. The van der Waals surface area contributed by atoms with Gasteiger partial charge in [0.2, 0.25) is 0 Å². The van der Waals surface area contributed by atoms with Gasteiger partial charge in [-0.3, -0.25) is 4.99 Å². The van der Waals surface area contributed by atoms with Crippen LogP contribution in [0.15, 0.2) is 156 Å². The number of fused-ring (bicyclic) bond motifs is 3. The number of aliphatic imine (C=N–C) groups is 2. The molecule has 6 aromatic rings. The van der Waals surface area contributed by atoms with Crippen molar-refractivity contribution in [2.75, 3.05) is 7.11 Å². The van der Waals surface area contributed by atoms with E-state index >= 15 is 0 Å². The lowest BCUT2D eigenvalue weighted by atomic mass is 9.87. The minimum absolute atomic E-state index is 0.0490. The lowest BCUT2D eigenvalue weighted by molar-refractivity contribution is 0.416. The minimum atomic E-state index is -0.0490. The Morgan fingerprint density at radius 3 is 1.96 bits per heavy atom. The van der Waals surface area contributed by atoms with Crippen LogP contribution >= 0.6 is 0 Å². The van der Waals surface area contributed by atoms with E-state index in [2.05, 4.69) is 135 Å². The summed E-state index contributed by atoms with van der Waals surface area (Å²) in [5.41, 5.74) is 13.9. The number of hydrogen-bond donors (Lipinski definition) is 0. The molecule has 0 saturated carbocycles. The van der Waals surface area contributed by atoms with E-state index in [1.165, 1.54) is 27.8 Å². The Morgan fingerprint density at radius 1 is 0.630 bits per heavy atom. The highest BCUT2D eigenvalue weighted by Gasteiger charge is 2.24. The third kappa shape index (κ3) is 5.68. The zero-order valence-corrected chi connectivity index (χ0v) is 26.4. The summed E-state index contributed by atoms with van der Waals surface area (Å²) in [6, 6.07) is 50.9. The van der Waals surface area contributed by atoms with Crippen LogP contribution in [0.3, 0.4) is 0 Å². The highest BCUT2D eigenvalue weighted by atomic mass is 16.5. The van der Waals surface area contributed by atoms with E-state index < -0.39 is 0 Å². The molecule has 0 N–H and O–H groups in total. The number of nitrogens with zero attached hydrogens (tertiary/aromatic N) is 2. The third-order valence-electron chi connectivity index (χ3n) is 8.85. The maximum atomic E-state index is 6.16. The monoisotopic (exact) mass is 596 g/mol. The van der Waals surface area contributed by atoms with Crippen molar-refractivity contribution in [2.45, 2.75) is 26.3 Å². The summed E-state index contributed by atoms with van der Waals surface area (Å²) in [7, 11) is 1.76. The van der Waals surface area contributed by atoms with Crippen molar-refractivity contribution in [3.8, 4) is 39.1 Å². The SMILES string of the molecule is COc1cc(C(C)=NC(=NC(C)c2ccccc2)c2ccccc2)cc(-c2cccc3c2Cc2ccccc2-3)c1-c1ccccc1. The fraction of sp³-hybridized carbons (Fsp3) is 0.116. The third-order valence-corrected chi connectivity index (χ3v) is 8.85. The summed E-state index contributed by atoms with van der Waals surface area (Å²) in [5.74, 6) is 1.52. The van der Waals surface area contributed by atoms with Crippen LogP contribution < -0.4 is 4.74 Å². The van der Waals surface area contributed by atoms with Gasteiger partial charge in [-0.1, -0.05) is 133 Å². The highest BCUT2D eigenvalue weighted by Crippen LogP contribution is 2.46. The second kappa shape index (κ2) is 12.8. The lowest BCUT2D eigenvalue weighted by Gasteiger charge is -2.19. The second-order valence-corrected chi connectivity index (χ2v) is 11.7. The average Bonchev–Trinajstić information content (AvgIpc) is 3.51. The Labute approximate surface area is 271 Å². The van der Waals surface area contributed by atoms with Gasteiger partial charge in [0.25, 0.3) is 0 Å². The number of ether oxygens (including phenoxy) is 1. The van der Waals surface area contributed by atoms with E-state index in [1.54, 1.807) is 7.11 Å². The van der Waals surface area contributed by atoms with Crippen LogP contribution in [0.25, 0.3) is 33.4 Å².